The van der Waals surface area contributed by atoms with Gasteiger partial charge in [-0.2, -0.15) is 11.8 Å². The summed E-state index contributed by atoms with van der Waals surface area (Å²) in [6, 6.07) is 9.68. The second kappa shape index (κ2) is 7.41. The van der Waals surface area contributed by atoms with Gasteiger partial charge in [-0.3, -0.25) is 9.78 Å². The Bertz CT molecular complexity index is 833. The first-order valence-corrected chi connectivity index (χ1v) is 10.1. The van der Waals surface area contributed by atoms with Crippen LogP contribution in [0.2, 0.25) is 0 Å². The van der Waals surface area contributed by atoms with Gasteiger partial charge in [-0.05, 0) is 30.0 Å². The van der Waals surface area contributed by atoms with E-state index in [0.29, 0.717) is 16.7 Å². The molecule has 4 rings (SSSR count). The van der Waals surface area contributed by atoms with Crippen molar-refractivity contribution in [3.8, 4) is 11.3 Å². The first-order valence-electron chi connectivity index (χ1n) is 8.12. The zero-order chi connectivity index (χ0) is 17.1. The molecule has 5 nitrogen and oxygen atoms in total. The normalized spacial score (nSPS) is 18.1. The molecule has 0 bridgehead atoms. The molecule has 25 heavy (non-hydrogen) atoms. The van der Waals surface area contributed by atoms with E-state index in [1.165, 1.54) is 4.88 Å². The third kappa shape index (κ3) is 3.62. The highest BCUT2D eigenvalue weighted by Crippen LogP contribution is 2.36. The second-order valence-electron chi connectivity index (χ2n) is 5.77. The molecule has 1 aliphatic heterocycles. The SMILES string of the molecule is O=C(c1cc(-c2cccnc2)on1)N1CCSC(c2cccs2)CC1. The van der Waals surface area contributed by atoms with Crippen molar-refractivity contribution in [2.75, 3.05) is 18.8 Å². The van der Waals surface area contributed by atoms with Gasteiger partial charge in [-0.1, -0.05) is 11.2 Å². The van der Waals surface area contributed by atoms with Crippen molar-refractivity contribution in [3.63, 3.8) is 0 Å². The lowest BCUT2D eigenvalue weighted by molar-refractivity contribution is 0.0756. The van der Waals surface area contributed by atoms with Crippen molar-refractivity contribution >= 4 is 29.0 Å². The Morgan fingerprint density at radius 2 is 2.24 bits per heavy atom. The molecule has 0 N–H and O–H groups in total. The molecular weight excluding hydrogens is 354 g/mol. The van der Waals surface area contributed by atoms with Gasteiger partial charge in [0.2, 0.25) is 0 Å². The van der Waals surface area contributed by atoms with Crippen LogP contribution in [0.25, 0.3) is 11.3 Å². The number of rotatable bonds is 3. The molecule has 1 atom stereocenters. The van der Waals surface area contributed by atoms with Gasteiger partial charge in [0.25, 0.3) is 5.91 Å². The lowest BCUT2D eigenvalue weighted by Gasteiger charge is -2.18. The van der Waals surface area contributed by atoms with Crippen LogP contribution in [0.3, 0.4) is 0 Å². The van der Waals surface area contributed by atoms with Gasteiger partial charge in [0.15, 0.2) is 11.5 Å². The average molecular weight is 371 g/mol. The van der Waals surface area contributed by atoms with Crippen LogP contribution in [0.5, 0.6) is 0 Å². The van der Waals surface area contributed by atoms with Gasteiger partial charge < -0.3 is 9.42 Å². The lowest BCUT2D eigenvalue weighted by Crippen LogP contribution is -2.33. The minimum Gasteiger partial charge on any atom is -0.355 e. The summed E-state index contributed by atoms with van der Waals surface area (Å²) in [4.78, 5) is 20.1. The number of amides is 1. The van der Waals surface area contributed by atoms with Crippen LogP contribution < -0.4 is 0 Å². The first-order chi connectivity index (χ1) is 12.3. The first kappa shape index (κ1) is 16.4. The quantitative estimate of drug-likeness (QED) is 0.693. The van der Waals surface area contributed by atoms with Gasteiger partial charge in [0.05, 0.1) is 0 Å². The number of aromatic nitrogens is 2. The number of pyridine rings is 1. The fraction of sp³-hybridized carbons (Fsp3) is 0.278. The van der Waals surface area contributed by atoms with Crippen LogP contribution in [-0.4, -0.2) is 39.8 Å². The number of carbonyl (C=O) groups excluding carboxylic acids is 1. The fourth-order valence-corrected chi connectivity index (χ4v) is 5.09. The third-order valence-corrected chi connectivity index (χ3v) is 6.61. The van der Waals surface area contributed by atoms with E-state index in [4.69, 9.17) is 4.52 Å². The Balaban J connectivity index is 1.45. The summed E-state index contributed by atoms with van der Waals surface area (Å²) >= 11 is 3.71. The summed E-state index contributed by atoms with van der Waals surface area (Å²) in [6.07, 6.45) is 4.36. The molecule has 0 saturated carbocycles. The summed E-state index contributed by atoms with van der Waals surface area (Å²) in [7, 11) is 0. The number of nitrogens with zero attached hydrogens (tertiary/aromatic N) is 3. The Hall–Kier alpha value is -2.12. The Kier molecular flexibility index (Phi) is 4.85. The molecule has 3 aromatic heterocycles. The van der Waals surface area contributed by atoms with E-state index >= 15 is 0 Å². The predicted molar refractivity (Wildman–Crippen MR) is 99.8 cm³/mol. The Labute approximate surface area is 154 Å². The average Bonchev–Trinajstić information content (AvgIpc) is 3.30. The molecule has 1 aliphatic rings. The van der Waals surface area contributed by atoms with Crippen LogP contribution in [0.4, 0.5) is 0 Å². The van der Waals surface area contributed by atoms with Gasteiger partial charge in [-0.15, -0.1) is 11.3 Å². The molecule has 0 aliphatic carbocycles. The fourth-order valence-electron chi connectivity index (χ4n) is 2.86. The number of thioether (sulfide) groups is 1. The van der Waals surface area contributed by atoms with E-state index < -0.39 is 0 Å². The maximum Gasteiger partial charge on any atom is 0.276 e. The number of thiophene rings is 1. The number of hydrogen-bond donors (Lipinski definition) is 0. The zero-order valence-corrected chi connectivity index (χ0v) is 15.1. The summed E-state index contributed by atoms with van der Waals surface area (Å²) in [6.45, 7) is 1.48. The molecule has 7 heteroatoms. The van der Waals surface area contributed by atoms with Crippen molar-refractivity contribution in [1.29, 1.82) is 0 Å². The van der Waals surface area contributed by atoms with Crippen LogP contribution in [0.1, 0.15) is 27.0 Å². The third-order valence-electron chi connectivity index (χ3n) is 4.16. The van der Waals surface area contributed by atoms with Crippen molar-refractivity contribution in [2.45, 2.75) is 11.7 Å². The second-order valence-corrected chi connectivity index (χ2v) is 8.06. The van der Waals surface area contributed by atoms with Crippen LogP contribution in [0, 0.1) is 0 Å². The standard InChI is InChI=1S/C18H17N3O2S2/c22-18(14-11-15(23-20-14)13-3-1-6-19-12-13)21-7-5-17(25-10-8-21)16-4-2-9-24-16/h1-4,6,9,11-12,17H,5,7-8,10H2. The minimum atomic E-state index is -0.0636. The van der Waals surface area contributed by atoms with Gasteiger partial charge in [-0.25, -0.2) is 0 Å². The molecule has 3 aromatic rings. The van der Waals surface area contributed by atoms with Crippen LogP contribution in [0.15, 0.2) is 52.6 Å². The zero-order valence-electron chi connectivity index (χ0n) is 13.5. The molecule has 1 amide bonds. The summed E-state index contributed by atoms with van der Waals surface area (Å²) in [5.74, 6) is 1.44. The monoisotopic (exact) mass is 371 g/mol. The summed E-state index contributed by atoms with van der Waals surface area (Å²) < 4.78 is 5.33. The largest absolute Gasteiger partial charge is 0.355 e. The van der Waals surface area contributed by atoms with E-state index in [1.807, 2.05) is 28.8 Å². The van der Waals surface area contributed by atoms with Crippen molar-refractivity contribution in [1.82, 2.24) is 15.0 Å². The molecule has 0 spiro atoms. The minimum absolute atomic E-state index is 0.0636. The maximum atomic E-state index is 12.8. The summed E-state index contributed by atoms with van der Waals surface area (Å²) in [5, 5.41) is 6.55. The number of hydrogen-bond acceptors (Lipinski definition) is 6. The number of carbonyl (C=O) groups is 1. The van der Waals surface area contributed by atoms with Gasteiger partial charge in [0, 0.05) is 53.0 Å². The molecule has 1 saturated heterocycles. The molecular formula is C18H17N3O2S2. The van der Waals surface area contributed by atoms with Gasteiger partial charge in [0.1, 0.15) is 0 Å². The van der Waals surface area contributed by atoms with E-state index in [2.05, 4.69) is 27.7 Å². The van der Waals surface area contributed by atoms with Gasteiger partial charge >= 0.3 is 0 Å². The molecule has 128 valence electrons. The Morgan fingerprint density at radius 1 is 1.28 bits per heavy atom. The maximum absolute atomic E-state index is 12.8. The van der Waals surface area contributed by atoms with Crippen LogP contribution >= 0.6 is 23.1 Å². The lowest BCUT2D eigenvalue weighted by atomic mass is 10.2. The van der Waals surface area contributed by atoms with Crippen molar-refractivity contribution in [2.24, 2.45) is 0 Å². The van der Waals surface area contributed by atoms with Crippen molar-refractivity contribution in [3.05, 3.63) is 58.7 Å². The summed E-state index contributed by atoms with van der Waals surface area (Å²) in [5.41, 5.74) is 1.18. The molecule has 0 aromatic carbocycles. The molecule has 4 heterocycles. The molecule has 1 fully saturated rings. The molecule has 1 unspecified atom stereocenters. The smallest absolute Gasteiger partial charge is 0.276 e. The van der Waals surface area contributed by atoms with E-state index in [-0.39, 0.29) is 5.91 Å². The highest BCUT2D eigenvalue weighted by molar-refractivity contribution is 7.99. The molecule has 0 radical (unpaired) electrons. The van der Waals surface area contributed by atoms with E-state index in [9.17, 15) is 4.79 Å². The topological polar surface area (TPSA) is 59.2 Å². The Morgan fingerprint density at radius 3 is 3.04 bits per heavy atom. The highest BCUT2D eigenvalue weighted by atomic mass is 32.2. The van der Waals surface area contributed by atoms with Crippen molar-refractivity contribution < 1.29 is 9.32 Å². The van der Waals surface area contributed by atoms with E-state index in [0.717, 1.165) is 30.8 Å². The highest BCUT2D eigenvalue weighted by Gasteiger charge is 2.25. The van der Waals surface area contributed by atoms with E-state index in [1.54, 1.807) is 29.8 Å². The predicted octanol–water partition coefficient (Wildman–Crippen LogP) is 4.12. The van der Waals surface area contributed by atoms with Crippen LogP contribution in [-0.2, 0) is 0 Å².